The Morgan fingerprint density at radius 3 is 2.14 bits per heavy atom. The van der Waals surface area contributed by atoms with Gasteiger partial charge in [0, 0.05) is 6.42 Å². The van der Waals surface area contributed by atoms with E-state index in [4.69, 9.17) is 15.3 Å². The molecule has 0 fully saturated rings. The molecule has 0 radical (unpaired) electrons. The van der Waals surface area contributed by atoms with Crippen LogP contribution in [-0.2, 0) is 16.6 Å². The lowest BCUT2D eigenvalue weighted by Gasteiger charge is -2.21. The fourth-order valence-electron chi connectivity index (χ4n) is 1.78. The van der Waals surface area contributed by atoms with Crippen molar-refractivity contribution in [3.63, 3.8) is 0 Å². The smallest absolute Gasteiger partial charge is 0.303 e. The lowest BCUT2D eigenvalue weighted by Crippen LogP contribution is -2.11. The van der Waals surface area contributed by atoms with Gasteiger partial charge < -0.3 is 20.4 Å². The second-order valence-electron chi connectivity index (χ2n) is 5.80. The van der Waals surface area contributed by atoms with E-state index in [9.17, 15) is 9.90 Å². The second kappa shape index (κ2) is 9.37. The van der Waals surface area contributed by atoms with Gasteiger partial charge in [0.2, 0.25) is 0 Å². The minimum atomic E-state index is -0.764. The summed E-state index contributed by atoms with van der Waals surface area (Å²) >= 11 is 0. The Kier molecular flexibility index (Phi) is 8.66. The molecule has 1 aromatic carbocycles. The van der Waals surface area contributed by atoms with Crippen LogP contribution >= 0.6 is 0 Å². The molecule has 0 bridgehead atoms. The number of carboxylic acids is 1. The quantitative estimate of drug-likeness (QED) is 0.667. The Morgan fingerprint density at radius 1 is 1.14 bits per heavy atom. The number of aryl methyl sites for hydroxylation is 1. The van der Waals surface area contributed by atoms with E-state index in [-0.39, 0.29) is 25.0 Å². The van der Waals surface area contributed by atoms with E-state index >= 15 is 0 Å². The number of phenols is 1. The first kappa shape index (κ1) is 19.4. The molecule has 120 valence electrons. The first-order valence-corrected chi connectivity index (χ1v) is 6.98. The van der Waals surface area contributed by atoms with Crippen LogP contribution in [0, 0.1) is 0 Å². The number of hydrogen-bond acceptors (Lipinski definition) is 4. The Balaban J connectivity index is 0.000000885. The number of aromatic hydroxyl groups is 1. The summed E-state index contributed by atoms with van der Waals surface area (Å²) in [5.41, 5.74) is 1.88. The highest BCUT2D eigenvalue weighted by Crippen LogP contribution is 2.31. The van der Waals surface area contributed by atoms with Crippen molar-refractivity contribution in [1.82, 2.24) is 0 Å². The maximum absolute atomic E-state index is 10.4. The summed E-state index contributed by atoms with van der Waals surface area (Å²) < 4.78 is 0. The fourth-order valence-corrected chi connectivity index (χ4v) is 1.78. The summed E-state index contributed by atoms with van der Waals surface area (Å²) in [6.45, 7) is 5.88. The van der Waals surface area contributed by atoms with E-state index in [1.165, 1.54) is 0 Å². The summed E-state index contributed by atoms with van der Waals surface area (Å²) in [5.74, 6) is -0.459. The van der Waals surface area contributed by atoms with Crippen molar-refractivity contribution in [2.24, 2.45) is 0 Å². The lowest BCUT2D eigenvalue weighted by molar-refractivity contribution is -0.137. The maximum atomic E-state index is 10.4. The van der Waals surface area contributed by atoms with E-state index in [0.29, 0.717) is 12.2 Å². The van der Waals surface area contributed by atoms with Crippen molar-refractivity contribution in [3.05, 3.63) is 29.3 Å². The van der Waals surface area contributed by atoms with Crippen LogP contribution in [0.1, 0.15) is 44.7 Å². The number of aliphatic hydroxyl groups is 2. The van der Waals surface area contributed by atoms with Crippen LogP contribution in [0.5, 0.6) is 5.75 Å². The topological polar surface area (TPSA) is 98.0 Å². The number of hydrogen-bond donors (Lipinski definition) is 4. The van der Waals surface area contributed by atoms with Gasteiger partial charge in [-0.05, 0) is 35.4 Å². The molecule has 0 amide bonds. The van der Waals surface area contributed by atoms with Crippen molar-refractivity contribution in [2.75, 3.05) is 13.2 Å². The Bertz CT molecular complexity index is 433. The third-order valence-electron chi connectivity index (χ3n) is 2.83. The number of benzene rings is 1. The van der Waals surface area contributed by atoms with Gasteiger partial charge in [-0.15, -0.1) is 0 Å². The number of rotatable bonds is 5. The summed E-state index contributed by atoms with van der Waals surface area (Å²) in [6, 6.07) is 5.51. The van der Waals surface area contributed by atoms with Crippen LogP contribution in [0.2, 0.25) is 0 Å². The summed E-state index contributed by atoms with van der Waals surface area (Å²) in [7, 11) is 0. The summed E-state index contributed by atoms with van der Waals surface area (Å²) in [5, 5.41) is 33.6. The minimum Gasteiger partial charge on any atom is -0.508 e. The predicted octanol–water partition coefficient (Wildman–Crippen LogP) is 2.07. The van der Waals surface area contributed by atoms with Crippen LogP contribution in [-0.4, -0.2) is 39.6 Å². The number of carboxylic acid groups (broad SMARTS) is 1. The Hall–Kier alpha value is -1.59. The predicted molar refractivity (Wildman–Crippen MR) is 81.6 cm³/mol. The molecule has 0 aliphatic heterocycles. The Labute approximate surface area is 125 Å². The Morgan fingerprint density at radius 2 is 1.71 bits per heavy atom. The zero-order valence-electron chi connectivity index (χ0n) is 13.0. The zero-order valence-corrected chi connectivity index (χ0v) is 13.0. The summed E-state index contributed by atoms with van der Waals surface area (Å²) in [6.07, 6.45) is 1.55. The van der Waals surface area contributed by atoms with Gasteiger partial charge in [0.05, 0.1) is 13.2 Å². The second-order valence-corrected chi connectivity index (χ2v) is 5.80. The number of aliphatic hydroxyl groups excluding tert-OH is 2. The molecule has 1 rings (SSSR count). The van der Waals surface area contributed by atoms with Crippen molar-refractivity contribution < 1.29 is 25.2 Å². The molecule has 5 heteroatoms. The van der Waals surface area contributed by atoms with E-state index in [0.717, 1.165) is 17.5 Å². The standard InChI is InChI=1S/C14H20O3.C2H6O2/c1-14(2,3)11-9-10(7-8-12(11)15)5-4-6-13(16)17;3-1-2-4/h7-9,15H,4-6H2,1-3H3,(H,16,17);3-4H,1-2H2. The fraction of sp³-hybridized carbons (Fsp3) is 0.562. The molecular formula is C16H26O5. The van der Waals surface area contributed by atoms with Gasteiger partial charge in [0.25, 0.3) is 0 Å². The SMILES string of the molecule is CC(C)(C)c1cc(CCCC(=O)O)ccc1O.OCCO. The van der Waals surface area contributed by atoms with Crippen LogP contribution in [0.25, 0.3) is 0 Å². The van der Waals surface area contributed by atoms with Gasteiger partial charge in [-0.1, -0.05) is 32.9 Å². The highest BCUT2D eigenvalue weighted by Gasteiger charge is 2.18. The molecule has 5 nitrogen and oxygen atoms in total. The molecular weight excluding hydrogens is 272 g/mol. The molecule has 4 N–H and O–H groups in total. The highest BCUT2D eigenvalue weighted by atomic mass is 16.4. The minimum absolute atomic E-state index is 0.104. The number of phenolic OH excluding ortho intramolecular Hbond substituents is 1. The molecule has 0 atom stereocenters. The van der Waals surface area contributed by atoms with Crippen molar-refractivity contribution >= 4 is 5.97 Å². The van der Waals surface area contributed by atoms with E-state index in [1.807, 2.05) is 32.9 Å². The molecule has 0 aromatic heterocycles. The molecule has 0 saturated carbocycles. The molecule has 0 aliphatic carbocycles. The molecule has 0 unspecified atom stereocenters. The van der Waals surface area contributed by atoms with E-state index in [1.54, 1.807) is 6.07 Å². The van der Waals surface area contributed by atoms with Crippen molar-refractivity contribution in [2.45, 2.75) is 45.4 Å². The molecule has 1 aromatic rings. The molecule has 0 aliphatic rings. The van der Waals surface area contributed by atoms with Crippen molar-refractivity contribution in [1.29, 1.82) is 0 Å². The molecule has 21 heavy (non-hydrogen) atoms. The third-order valence-corrected chi connectivity index (χ3v) is 2.83. The first-order chi connectivity index (χ1) is 9.72. The van der Waals surface area contributed by atoms with Crippen LogP contribution < -0.4 is 0 Å². The van der Waals surface area contributed by atoms with Gasteiger partial charge in [-0.2, -0.15) is 0 Å². The van der Waals surface area contributed by atoms with Gasteiger partial charge in [0.1, 0.15) is 5.75 Å². The first-order valence-electron chi connectivity index (χ1n) is 6.98. The van der Waals surface area contributed by atoms with Gasteiger partial charge >= 0.3 is 5.97 Å². The number of carbonyl (C=O) groups is 1. The highest BCUT2D eigenvalue weighted by molar-refractivity contribution is 5.66. The lowest BCUT2D eigenvalue weighted by atomic mass is 9.85. The third kappa shape index (κ3) is 8.32. The van der Waals surface area contributed by atoms with Crippen molar-refractivity contribution in [3.8, 4) is 5.75 Å². The zero-order chi connectivity index (χ0) is 16.5. The molecule has 0 heterocycles. The van der Waals surface area contributed by atoms with Gasteiger partial charge in [-0.25, -0.2) is 0 Å². The van der Waals surface area contributed by atoms with Gasteiger partial charge in [-0.3, -0.25) is 4.79 Å². The maximum Gasteiger partial charge on any atom is 0.303 e. The monoisotopic (exact) mass is 298 g/mol. The molecule has 0 saturated heterocycles. The van der Waals surface area contributed by atoms with E-state index in [2.05, 4.69) is 0 Å². The van der Waals surface area contributed by atoms with Crippen LogP contribution in [0.15, 0.2) is 18.2 Å². The summed E-state index contributed by atoms with van der Waals surface area (Å²) in [4.78, 5) is 10.4. The average Bonchev–Trinajstić information content (AvgIpc) is 2.39. The average molecular weight is 298 g/mol. The number of aliphatic carboxylic acids is 1. The van der Waals surface area contributed by atoms with E-state index < -0.39 is 5.97 Å². The van der Waals surface area contributed by atoms with Crippen LogP contribution in [0.4, 0.5) is 0 Å². The molecule has 0 spiro atoms. The van der Waals surface area contributed by atoms with Crippen LogP contribution in [0.3, 0.4) is 0 Å². The van der Waals surface area contributed by atoms with Gasteiger partial charge in [0.15, 0.2) is 0 Å². The normalized spacial score (nSPS) is 10.7. The largest absolute Gasteiger partial charge is 0.508 e.